The number of allylic oxidation sites excluding steroid dienone is 2. The number of hydrogen-bond donors (Lipinski definition) is 0. The van der Waals surface area contributed by atoms with E-state index in [2.05, 4.69) is 19.9 Å². The SMILES string of the molecule is CC1C=C[C@@H](C(C)C)CC1=O. The van der Waals surface area contributed by atoms with Crippen molar-refractivity contribution in [1.29, 1.82) is 0 Å². The van der Waals surface area contributed by atoms with E-state index < -0.39 is 0 Å². The van der Waals surface area contributed by atoms with Crippen LogP contribution in [0.4, 0.5) is 0 Å². The first-order chi connectivity index (χ1) is 5.11. The van der Waals surface area contributed by atoms with E-state index in [1.54, 1.807) is 0 Å². The minimum atomic E-state index is 0.157. The van der Waals surface area contributed by atoms with Crippen LogP contribution in [0.3, 0.4) is 0 Å². The predicted octanol–water partition coefficient (Wildman–Crippen LogP) is 2.42. The standard InChI is InChI=1S/C10H16O/c1-7(2)9-5-4-8(3)10(11)6-9/h4-5,7-9H,6H2,1-3H3/t8?,9-/m1/s1. The second-order valence-electron chi connectivity index (χ2n) is 3.75. The number of Topliss-reactive ketones (excluding diaryl/α,β-unsaturated/α-hetero) is 1. The Morgan fingerprint density at radius 1 is 1.45 bits per heavy atom. The van der Waals surface area contributed by atoms with Gasteiger partial charge in [-0.25, -0.2) is 0 Å². The summed E-state index contributed by atoms with van der Waals surface area (Å²) < 4.78 is 0. The van der Waals surface area contributed by atoms with E-state index in [-0.39, 0.29) is 5.92 Å². The smallest absolute Gasteiger partial charge is 0.140 e. The molecule has 0 saturated heterocycles. The molecule has 0 radical (unpaired) electrons. The highest BCUT2D eigenvalue weighted by Gasteiger charge is 2.22. The highest BCUT2D eigenvalue weighted by molar-refractivity contribution is 5.83. The fourth-order valence-corrected chi connectivity index (χ4v) is 1.36. The van der Waals surface area contributed by atoms with Crippen molar-refractivity contribution in [3.8, 4) is 0 Å². The number of ketones is 1. The van der Waals surface area contributed by atoms with Crippen LogP contribution in [0.2, 0.25) is 0 Å². The van der Waals surface area contributed by atoms with Crippen LogP contribution in [-0.4, -0.2) is 5.78 Å². The van der Waals surface area contributed by atoms with Gasteiger partial charge in [-0.15, -0.1) is 0 Å². The normalized spacial score (nSPS) is 31.5. The fraction of sp³-hybridized carbons (Fsp3) is 0.700. The quantitative estimate of drug-likeness (QED) is 0.527. The lowest BCUT2D eigenvalue weighted by molar-refractivity contribution is -0.122. The summed E-state index contributed by atoms with van der Waals surface area (Å²) >= 11 is 0. The lowest BCUT2D eigenvalue weighted by Gasteiger charge is -2.22. The van der Waals surface area contributed by atoms with Crippen LogP contribution in [0, 0.1) is 17.8 Å². The zero-order valence-corrected chi connectivity index (χ0v) is 7.50. The summed E-state index contributed by atoms with van der Waals surface area (Å²) in [4.78, 5) is 11.3. The summed E-state index contributed by atoms with van der Waals surface area (Å²) in [5, 5.41) is 0. The Labute approximate surface area is 68.5 Å². The van der Waals surface area contributed by atoms with Gasteiger partial charge in [0.25, 0.3) is 0 Å². The van der Waals surface area contributed by atoms with Crippen LogP contribution in [0.25, 0.3) is 0 Å². The monoisotopic (exact) mass is 152 g/mol. The molecule has 0 amide bonds. The molecule has 0 aromatic rings. The van der Waals surface area contributed by atoms with Gasteiger partial charge in [-0.05, 0) is 11.8 Å². The van der Waals surface area contributed by atoms with Crippen LogP contribution >= 0.6 is 0 Å². The molecule has 0 bridgehead atoms. The molecule has 0 heterocycles. The summed E-state index contributed by atoms with van der Waals surface area (Å²) in [6, 6.07) is 0. The zero-order valence-electron chi connectivity index (χ0n) is 7.50. The summed E-state index contributed by atoms with van der Waals surface area (Å²) in [5.41, 5.74) is 0. The summed E-state index contributed by atoms with van der Waals surface area (Å²) in [6.07, 6.45) is 4.97. The van der Waals surface area contributed by atoms with Crippen LogP contribution in [0.5, 0.6) is 0 Å². The lowest BCUT2D eigenvalue weighted by atomic mass is 9.82. The van der Waals surface area contributed by atoms with Crippen LogP contribution in [0.15, 0.2) is 12.2 Å². The van der Waals surface area contributed by atoms with E-state index in [0.717, 1.165) is 6.42 Å². The molecule has 0 aromatic carbocycles. The number of carbonyl (C=O) groups is 1. The molecule has 62 valence electrons. The summed E-state index contributed by atoms with van der Waals surface area (Å²) in [7, 11) is 0. The molecule has 1 rings (SSSR count). The first-order valence-electron chi connectivity index (χ1n) is 4.32. The topological polar surface area (TPSA) is 17.1 Å². The van der Waals surface area contributed by atoms with Gasteiger partial charge in [0.15, 0.2) is 0 Å². The maximum absolute atomic E-state index is 11.3. The molecule has 0 aliphatic heterocycles. The van der Waals surface area contributed by atoms with Crippen molar-refractivity contribution in [1.82, 2.24) is 0 Å². The number of rotatable bonds is 1. The van der Waals surface area contributed by atoms with Gasteiger partial charge in [0, 0.05) is 12.3 Å². The molecule has 1 nitrogen and oxygen atoms in total. The van der Waals surface area contributed by atoms with Crippen LogP contribution < -0.4 is 0 Å². The van der Waals surface area contributed by atoms with Gasteiger partial charge >= 0.3 is 0 Å². The van der Waals surface area contributed by atoms with Crippen molar-refractivity contribution in [2.24, 2.45) is 17.8 Å². The molecular weight excluding hydrogens is 136 g/mol. The maximum Gasteiger partial charge on any atom is 0.140 e. The van der Waals surface area contributed by atoms with E-state index in [1.807, 2.05) is 13.0 Å². The maximum atomic E-state index is 11.3. The van der Waals surface area contributed by atoms with Gasteiger partial charge in [0.2, 0.25) is 0 Å². The Morgan fingerprint density at radius 3 is 2.55 bits per heavy atom. The summed E-state index contributed by atoms with van der Waals surface area (Å²) in [6.45, 7) is 6.30. The molecule has 0 fully saturated rings. The van der Waals surface area contributed by atoms with Crippen LogP contribution in [-0.2, 0) is 4.79 Å². The van der Waals surface area contributed by atoms with E-state index in [4.69, 9.17) is 0 Å². The fourth-order valence-electron chi connectivity index (χ4n) is 1.36. The molecule has 1 heteroatoms. The molecule has 0 N–H and O–H groups in total. The second-order valence-corrected chi connectivity index (χ2v) is 3.75. The van der Waals surface area contributed by atoms with Crippen molar-refractivity contribution in [2.45, 2.75) is 27.2 Å². The predicted molar refractivity (Wildman–Crippen MR) is 46.3 cm³/mol. The van der Waals surface area contributed by atoms with E-state index in [0.29, 0.717) is 17.6 Å². The van der Waals surface area contributed by atoms with Crippen molar-refractivity contribution in [3.63, 3.8) is 0 Å². The van der Waals surface area contributed by atoms with Crippen LogP contribution in [0.1, 0.15) is 27.2 Å². The van der Waals surface area contributed by atoms with Gasteiger partial charge < -0.3 is 0 Å². The van der Waals surface area contributed by atoms with Gasteiger partial charge in [0.1, 0.15) is 5.78 Å². The number of carbonyl (C=O) groups excluding carboxylic acids is 1. The largest absolute Gasteiger partial charge is 0.299 e. The molecule has 1 aliphatic rings. The Morgan fingerprint density at radius 2 is 2.09 bits per heavy atom. The van der Waals surface area contributed by atoms with Gasteiger partial charge in [-0.1, -0.05) is 32.9 Å². The minimum absolute atomic E-state index is 0.157. The molecular formula is C10H16O. The number of hydrogen-bond acceptors (Lipinski definition) is 1. The third kappa shape index (κ3) is 1.92. The Bertz CT molecular complexity index is 179. The molecule has 11 heavy (non-hydrogen) atoms. The third-order valence-electron chi connectivity index (χ3n) is 2.45. The average molecular weight is 152 g/mol. The molecule has 0 saturated carbocycles. The van der Waals surface area contributed by atoms with Crippen molar-refractivity contribution < 1.29 is 4.79 Å². The molecule has 0 spiro atoms. The first-order valence-corrected chi connectivity index (χ1v) is 4.32. The van der Waals surface area contributed by atoms with Crippen molar-refractivity contribution >= 4 is 5.78 Å². The van der Waals surface area contributed by atoms with Gasteiger partial charge in [-0.2, -0.15) is 0 Å². The first kappa shape index (κ1) is 8.51. The second kappa shape index (κ2) is 3.21. The van der Waals surface area contributed by atoms with E-state index in [1.165, 1.54) is 0 Å². The minimum Gasteiger partial charge on any atom is -0.299 e. The van der Waals surface area contributed by atoms with E-state index >= 15 is 0 Å². The average Bonchev–Trinajstić information content (AvgIpc) is 1.94. The Kier molecular flexibility index (Phi) is 2.48. The highest BCUT2D eigenvalue weighted by Crippen LogP contribution is 2.24. The molecule has 2 atom stereocenters. The Balaban J connectivity index is 2.64. The van der Waals surface area contributed by atoms with Crippen molar-refractivity contribution in [3.05, 3.63) is 12.2 Å². The highest BCUT2D eigenvalue weighted by atomic mass is 16.1. The van der Waals surface area contributed by atoms with Gasteiger partial charge in [0.05, 0.1) is 0 Å². The van der Waals surface area contributed by atoms with Gasteiger partial charge in [-0.3, -0.25) is 4.79 Å². The molecule has 0 aromatic heterocycles. The lowest BCUT2D eigenvalue weighted by Crippen LogP contribution is -2.21. The Hall–Kier alpha value is -0.590. The van der Waals surface area contributed by atoms with E-state index in [9.17, 15) is 4.79 Å². The molecule has 1 aliphatic carbocycles. The zero-order chi connectivity index (χ0) is 8.43. The van der Waals surface area contributed by atoms with Crippen molar-refractivity contribution in [2.75, 3.05) is 0 Å². The molecule has 1 unspecified atom stereocenters. The summed E-state index contributed by atoms with van der Waals surface area (Å²) in [5.74, 6) is 1.64. The third-order valence-corrected chi connectivity index (χ3v) is 2.45.